The number of amides is 1. The van der Waals surface area contributed by atoms with Crippen LogP contribution in [0.4, 0.5) is 0 Å². The summed E-state index contributed by atoms with van der Waals surface area (Å²) in [5, 5.41) is 9.76. The summed E-state index contributed by atoms with van der Waals surface area (Å²) in [6.07, 6.45) is 3.85. The minimum Gasteiger partial charge on any atom is -0.479 e. The molecule has 116 valence electrons. The first kappa shape index (κ1) is 16.1. The highest BCUT2D eigenvalue weighted by molar-refractivity contribution is 6.32. The average molecular weight is 312 g/mol. The predicted molar refractivity (Wildman–Crippen MR) is 82.5 cm³/mol. The number of aliphatic hydroxyl groups is 1. The van der Waals surface area contributed by atoms with Crippen molar-refractivity contribution in [3.63, 3.8) is 0 Å². The van der Waals surface area contributed by atoms with E-state index in [1.54, 1.807) is 25.1 Å². The molecule has 1 aliphatic rings. The van der Waals surface area contributed by atoms with Gasteiger partial charge in [0.05, 0.1) is 11.6 Å². The van der Waals surface area contributed by atoms with Crippen LogP contribution in [0.3, 0.4) is 0 Å². The van der Waals surface area contributed by atoms with Crippen molar-refractivity contribution < 1.29 is 14.6 Å². The van der Waals surface area contributed by atoms with Crippen LogP contribution >= 0.6 is 11.6 Å². The third-order valence-corrected chi connectivity index (χ3v) is 4.08. The third kappa shape index (κ3) is 4.11. The van der Waals surface area contributed by atoms with E-state index in [0.29, 0.717) is 16.3 Å². The Kier molecular flexibility index (Phi) is 5.88. The van der Waals surface area contributed by atoms with Crippen LogP contribution < -0.4 is 4.74 Å². The van der Waals surface area contributed by atoms with E-state index in [1.807, 2.05) is 4.90 Å². The van der Waals surface area contributed by atoms with Crippen molar-refractivity contribution >= 4 is 17.5 Å². The zero-order chi connectivity index (χ0) is 15.2. The highest BCUT2D eigenvalue weighted by Crippen LogP contribution is 2.30. The van der Waals surface area contributed by atoms with Crippen molar-refractivity contribution in [2.45, 2.75) is 45.3 Å². The van der Waals surface area contributed by atoms with Crippen molar-refractivity contribution in [1.82, 2.24) is 4.90 Å². The van der Waals surface area contributed by atoms with Crippen LogP contribution in [0, 0.1) is 0 Å². The van der Waals surface area contributed by atoms with Gasteiger partial charge < -0.3 is 14.7 Å². The molecule has 0 aliphatic carbocycles. The fraction of sp³-hybridized carbons (Fsp3) is 0.562. The van der Waals surface area contributed by atoms with Gasteiger partial charge in [-0.2, -0.15) is 0 Å². The van der Waals surface area contributed by atoms with Gasteiger partial charge in [0, 0.05) is 18.7 Å². The molecule has 1 N–H and O–H groups in total. The molecule has 1 amide bonds. The van der Waals surface area contributed by atoms with Gasteiger partial charge in [-0.25, -0.2) is 0 Å². The normalized spacial score (nSPS) is 17.2. The number of carbonyl (C=O) groups excluding carboxylic acids is 1. The van der Waals surface area contributed by atoms with E-state index >= 15 is 0 Å². The molecule has 1 aliphatic heterocycles. The number of ether oxygens (including phenoxy) is 1. The number of para-hydroxylation sites is 1. The Bertz CT molecular complexity index is 484. The number of aliphatic hydroxyl groups excluding tert-OH is 1. The Hall–Kier alpha value is -1.26. The number of nitrogens with zero attached hydrogens (tertiary/aromatic N) is 1. The lowest BCUT2D eigenvalue weighted by atomic mass is 10.2. The van der Waals surface area contributed by atoms with Crippen molar-refractivity contribution in [3.8, 4) is 5.75 Å². The van der Waals surface area contributed by atoms with Crippen LogP contribution in [0.15, 0.2) is 18.2 Å². The molecule has 1 fully saturated rings. The molecule has 4 nitrogen and oxygen atoms in total. The van der Waals surface area contributed by atoms with Crippen molar-refractivity contribution in [3.05, 3.63) is 28.8 Å². The quantitative estimate of drug-likeness (QED) is 0.930. The summed E-state index contributed by atoms with van der Waals surface area (Å²) in [7, 11) is 0. The van der Waals surface area contributed by atoms with Gasteiger partial charge in [0.1, 0.15) is 5.75 Å². The monoisotopic (exact) mass is 311 g/mol. The smallest absolute Gasteiger partial charge is 0.263 e. The van der Waals surface area contributed by atoms with Gasteiger partial charge in [0.25, 0.3) is 5.91 Å². The summed E-state index contributed by atoms with van der Waals surface area (Å²) in [4.78, 5) is 14.3. The van der Waals surface area contributed by atoms with Crippen LogP contribution in [0.25, 0.3) is 0 Å². The topological polar surface area (TPSA) is 49.8 Å². The van der Waals surface area contributed by atoms with Gasteiger partial charge in [0.2, 0.25) is 0 Å². The van der Waals surface area contributed by atoms with Crippen LogP contribution in [-0.4, -0.2) is 35.1 Å². The van der Waals surface area contributed by atoms with Crippen molar-refractivity contribution in [2.75, 3.05) is 13.1 Å². The first-order valence-electron chi connectivity index (χ1n) is 7.47. The number of rotatable bonds is 4. The molecule has 1 atom stereocenters. The molecule has 0 saturated carbocycles. The summed E-state index contributed by atoms with van der Waals surface area (Å²) < 4.78 is 5.74. The molecule has 1 heterocycles. The lowest BCUT2D eigenvalue weighted by molar-refractivity contribution is -0.137. The van der Waals surface area contributed by atoms with Gasteiger partial charge >= 0.3 is 0 Å². The zero-order valence-electron chi connectivity index (χ0n) is 12.3. The molecule has 1 saturated heterocycles. The SMILES string of the molecule is CC(Oc1c(Cl)cccc1CO)C(=O)N1CCCCCC1. The number of benzene rings is 1. The summed E-state index contributed by atoms with van der Waals surface area (Å²) in [5.74, 6) is 0.387. The molecule has 0 spiro atoms. The molecular weight excluding hydrogens is 290 g/mol. The Labute approximate surface area is 130 Å². The largest absolute Gasteiger partial charge is 0.479 e. The predicted octanol–water partition coefficient (Wildman–Crippen LogP) is 3.00. The van der Waals surface area contributed by atoms with Gasteiger partial charge in [-0.05, 0) is 25.8 Å². The van der Waals surface area contributed by atoms with Crippen LogP contribution in [0.5, 0.6) is 5.75 Å². The minimum atomic E-state index is -0.603. The summed E-state index contributed by atoms with van der Waals surface area (Å²) in [6.45, 7) is 3.15. The zero-order valence-corrected chi connectivity index (χ0v) is 13.1. The second-order valence-electron chi connectivity index (χ2n) is 5.39. The Morgan fingerprint density at radius 2 is 2.00 bits per heavy atom. The van der Waals surface area contributed by atoms with Crippen LogP contribution in [0.2, 0.25) is 5.02 Å². The highest BCUT2D eigenvalue weighted by Gasteiger charge is 2.24. The maximum Gasteiger partial charge on any atom is 0.263 e. The van der Waals surface area contributed by atoms with E-state index in [1.165, 1.54) is 12.8 Å². The number of halogens is 1. The second kappa shape index (κ2) is 7.66. The maximum absolute atomic E-state index is 12.5. The second-order valence-corrected chi connectivity index (χ2v) is 5.79. The standard InChI is InChI=1S/C16H22ClNO3/c1-12(16(20)18-9-4-2-3-5-10-18)21-15-13(11-19)7-6-8-14(15)17/h6-8,12,19H,2-5,9-11H2,1H3. The Morgan fingerprint density at radius 3 is 2.62 bits per heavy atom. The molecule has 2 rings (SSSR count). The van der Waals surface area contributed by atoms with Gasteiger partial charge in [0.15, 0.2) is 6.10 Å². The molecule has 0 aromatic heterocycles. The molecule has 0 radical (unpaired) electrons. The molecule has 0 bridgehead atoms. The van der Waals surface area contributed by atoms with Gasteiger partial charge in [-0.1, -0.05) is 36.6 Å². The number of likely N-dealkylation sites (tertiary alicyclic amines) is 1. The molecule has 5 heteroatoms. The van der Waals surface area contributed by atoms with Crippen LogP contribution in [0.1, 0.15) is 38.2 Å². The number of carbonyl (C=O) groups is 1. The van der Waals surface area contributed by atoms with Crippen LogP contribution in [-0.2, 0) is 11.4 Å². The lowest BCUT2D eigenvalue weighted by Crippen LogP contribution is -2.41. The first-order valence-corrected chi connectivity index (χ1v) is 7.85. The van der Waals surface area contributed by atoms with Crippen molar-refractivity contribution in [2.24, 2.45) is 0 Å². The molecule has 1 aromatic rings. The fourth-order valence-electron chi connectivity index (χ4n) is 2.59. The lowest BCUT2D eigenvalue weighted by Gasteiger charge is -2.25. The van der Waals surface area contributed by atoms with E-state index < -0.39 is 6.10 Å². The van der Waals surface area contributed by atoms with E-state index in [9.17, 15) is 9.90 Å². The van der Waals surface area contributed by atoms with E-state index in [0.717, 1.165) is 25.9 Å². The Morgan fingerprint density at radius 1 is 1.33 bits per heavy atom. The molecular formula is C16H22ClNO3. The minimum absolute atomic E-state index is 0.0132. The van der Waals surface area contributed by atoms with Crippen molar-refractivity contribution in [1.29, 1.82) is 0 Å². The van der Waals surface area contributed by atoms with E-state index in [-0.39, 0.29) is 12.5 Å². The van der Waals surface area contributed by atoms with Gasteiger partial charge in [-0.15, -0.1) is 0 Å². The van der Waals surface area contributed by atoms with E-state index in [4.69, 9.17) is 16.3 Å². The fourth-order valence-corrected chi connectivity index (χ4v) is 2.82. The molecule has 21 heavy (non-hydrogen) atoms. The van der Waals surface area contributed by atoms with E-state index in [2.05, 4.69) is 0 Å². The summed E-state index contributed by atoms with van der Waals surface area (Å²) in [6, 6.07) is 5.19. The number of hydrogen-bond acceptors (Lipinski definition) is 3. The summed E-state index contributed by atoms with van der Waals surface area (Å²) >= 11 is 6.11. The first-order chi connectivity index (χ1) is 10.1. The average Bonchev–Trinajstić information content (AvgIpc) is 2.77. The maximum atomic E-state index is 12.5. The summed E-state index contributed by atoms with van der Waals surface area (Å²) in [5.41, 5.74) is 0.595. The molecule has 1 aromatic carbocycles. The highest BCUT2D eigenvalue weighted by atomic mass is 35.5. The Balaban J connectivity index is 2.06. The number of hydrogen-bond donors (Lipinski definition) is 1. The third-order valence-electron chi connectivity index (χ3n) is 3.78. The van der Waals surface area contributed by atoms with Gasteiger partial charge in [-0.3, -0.25) is 4.79 Å². The molecule has 1 unspecified atom stereocenters.